The van der Waals surface area contributed by atoms with Crippen molar-refractivity contribution in [3.8, 4) is 11.5 Å². The van der Waals surface area contributed by atoms with Gasteiger partial charge >= 0.3 is 5.69 Å². The minimum atomic E-state index is -0.242. The Morgan fingerprint density at radius 1 is 1.06 bits per heavy atom. The Bertz CT molecular complexity index is 1480. The molecular formula is C24H21N5O2S. The number of oxazole rings is 1. The summed E-state index contributed by atoms with van der Waals surface area (Å²) < 4.78 is 8.76. The fraction of sp³-hybridized carbons (Fsp3) is 0.167. The van der Waals surface area contributed by atoms with Crippen LogP contribution < -0.4 is 5.69 Å². The smallest absolute Gasteiger partial charge is 0.350 e. The summed E-state index contributed by atoms with van der Waals surface area (Å²) >= 11 is 1.50. The maximum Gasteiger partial charge on any atom is 0.350 e. The van der Waals surface area contributed by atoms with E-state index in [0.717, 1.165) is 16.0 Å². The van der Waals surface area contributed by atoms with Crippen molar-refractivity contribution in [3.05, 3.63) is 94.0 Å². The maximum atomic E-state index is 13.0. The summed E-state index contributed by atoms with van der Waals surface area (Å²) in [5.74, 6) is 1.19. The number of benzene rings is 2. The molecule has 5 aromatic rings. The average Bonchev–Trinajstić information content (AvgIpc) is 3.31. The normalized spacial score (nSPS) is 11.3. The molecule has 3 heterocycles. The summed E-state index contributed by atoms with van der Waals surface area (Å²) in [5.41, 5.74) is 4.20. The number of hydrogen-bond donors (Lipinski definition) is 0. The van der Waals surface area contributed by atoms with Crippen LogP contribution in [0.2, 0.25) is 0 Å². The highest BCUT2D eigenvalue weighted by Crippen LogP contribution is 2.31. The molecule has 32 heavy (non-hydrogen) atoms. The molecule has 0 aliphatic carbocycles. The zero-order valence-corrected chi connectivity index (χ0v) is 18.8. The minimum absolute atomic E-state index is 0.219. The highest BCUT2D eigenvalue weighted by atomic mass is 32.2. The third-order valence-corrected chi connectivity index (χ3v) is 6.38. The predicted molar refractivity (Wildman–Crippen MR) is 123 cm³/mol. The molecule has 8 heteroatoms. The van der Waals surface area contributed by atoms with E-state index >= 15 is 0 Å². The third kappa shape index (κ3) is 3.73. The van der Waals surface area contributed by atoms with Crippen molar-refractivity contribution in [2.75, 3.05) is 0 Å². The van der Waals surface area contributed by atoms with Gasteiger partial charge in [-0.1, -0.05) is 47.7 Å². The monoisotopic (exact) mass is 443 g/mol. The fourth-order valence-electron chi connectivity index (χ4n) is 3.54. The molecule has 160 valence electrons. The van der Waals surface area contributed by atoms with Crippen LogP contribution >= 0.6 is 11.8 Å². The van der Waals surface area contributed by atoms with E-state index in [0.29, 0.717) is 28.0 Å². The van der Waals surface area contributed by atoms with E-state index in [1.54, 1.807) is 12.4 Å². The van der Waals surface area contributed by atoms with Crippen LogP contribution in [0.4, 0.5) is 0 Å². The first-order valence-electron chi connectivity index (χ1n) is 10.2. The van der Waals surface area contributed by atoms with Crippen LogP contribution in [0.5, 0.6) is 0 Å². The zero-order valence-electron chi connectivity index (χ0n) is 17.9. The highest BCUT2D eigenvalue weighted by molar-refractivity contribution is 7.99. The molecule has 0 amide bonds. The standard InChI is InChI=1S/C24H21N5O2S/c1-15-9-10-20(16(2)13-15)32-23-21-27-29(24(30)28(21)12-11-25-23)14-19-17(3)31-22(26-19)18-7-5-4-6-8-18/h4-13H,14H2,1-3H3. The van der Waals surface area contributed by atoms with E-state index in [1.165, 1.54) is 26.4 Å². The molecule has 0 aliphatic rings. The van der Waals surface area contributed by atoms with Gasteiger partial charge in [-0.15, -0.1) is 5.10 Å². The van der Waals surface area contributed by atoms with Crippen LogP contribution in [0.15, 0.2) is 80.1 Å². The van der Waals surface area contributed by atoms with Crippen LogP contribution in [0.1, 0.15) is 22.6 Å². The van der Waals surface area contributed by atoms with Crippen molar-refractivity contribution < 1.29 is 4.42 Å². The van der Waals surface area contributed by atoms with Gasteiger partial charge in [0.1, 0.15) is 16.5 Å². The van der Waals surface area contributed by atoms with Gasteiger partial charge in [0.2, 0.25) is 5.89 Å². The first-order valence-corrected chi connectivity index (χ1v) is 11.0. The van der Waals surface area contributed by atoms with Crippen molar-refractivity contribution in [2.45, 2.75) is 37.2 Å². The summed E-state index contributed by atoms with van der Waals surface area (Å²) in [6.45, 7) is 6.20. The summed E-state index contributed by atoms with van der Waals surface area (Å²) in [6, 6.07) is 16.0. The van der Waals surface area contributed by atoms with Gasteiger partial charge in [-0.2, -0.15) is 0 Å². The second kappa shape index (κ2) is 8.12. The SMILES string of the molecule is Cc1ccc(Sc2nccn3c(=O)n(Cc4nc(-c5ccccc5)oc4C)nc23)c(C)c1. The van der Waals surface area contributed by atoms with E-state index in [4.69, 9.17) is 4.42 Å². The predicted octanol–water partition coefficient (Wildman–Crippen LogP) is 4.67. The molecule has 0 atom stereocenters. The summed E-state index contributed by atoms with van der Waals surface area (Å²) in [6.07, 6.45) is 3.26. The molecule has 2 aromatic carbocycles. The number of aromatic nitrogens is 5. The van der Waals surface area contributed by atoms with Crippen LogP contribution in [-0.4, -0.2) is 24.1 Å². The molecule has 0 unspecified atom stereocenters. The van der Waals surface area contributed by atoms with Crippen LogP contribution in [0.25, 0.3) is 17.1 Å². The van der Waals surface area contributed by atoms with E-state index in [9.17, 15) is 4.79 Å². The highest BCUT2D eigenvalue weighted by Gasteiger charge is 2.17. The Hall–Kier alpha value is -3.65. The molecule has 0 N–H and O–H groups in total. The molecule has 0 fully saturated rings. The van der Waals surface area contributed by atoms with Gasteiger partial charge in [0.05, 0.1) is 6.54 Å². The zero-order chi connectivity index (χ0) is 22.2. The Morgan fingerprint density at radius 3 is 2.66 bits per heavy atom. The fourth-order valence-corrected chi connectivity index (χ4v) is 4.45. The second-order valence-corrected chi connectivity index (χ2v) is 8.66. The van der Waals surface area contributed by atoms with Gasteiger partial charge in [-0.25, -0.2) is 23.8 Å². The molecule has 0 saturated heterocycles. The minimum Gasteiger partial charge on any atom is -0.441 e. The Balaban J connectivity index is 1.50. The van der Waals surface area contributed by atoms with Crippen LogP contribution in [0, 0.1) is 20.8 Å². The lowest BCUT2D eigenvalue weighted by Gasteiger charge is -2.06. The van der Waals surface area contributed by atoms with Crippen LogP contribution in [-0.2, 0) is 6.54 Å². The molecule has 0 radical (unpaired) electrons. The van der Waals surface area contributed by atoms with E-state index in [-0.39, 0.29) is 12.2 Å². The number of fused-ring (bicyclic) bond motifs is 1. The van der Waals surface area contributed by atoms with Crippen molar-refractivity contribution >= 4 is 17.4 Å². The first-order chi connectivity index (χ1) is 15.5. The Morgan fingerprint density at radius 2 is 1.88 bits per heavy atom. The first kappa shape index (κ1) is 20.3. The topological polar surface area (TPSA) is 78.2 Å². The van der Waals surface area contributed by atoms with Gasteiger partial charge < -0.3 is 4.42 Å². The van der Waals surface area contributed by atoms with Crippen molar-refractivity contribution in [3.63, 3.8) is 0 Å². The van der Waals surface area contributed by atoms with E-state index in [1.807, 2.05) is 37.3 Å². The molecule has 0 saturated carbocycles. The van der Waals surface area contributed by atoms with Gasteiger partial charge in [-0.3, -0.25) is 0 Å². The van der Waals surface area contributed by atoms with Gasteiger partial charge in [0.15, 0.2) is 5.65 Å². The summed E-state index contributed by atoms with van der Waals surface area (Å²) in [5, 5.41) is 5.25. The Kier molecular flexibility index (Phi) is 5.14. The lowest BCUT2D eigenvalue weighted by atomic mass is 10.2. The van der Waals surface area contributed by atoms with Crippen molar-refractivity contribution in [1.82, 2.24) is 24.1 Å². The molecule has 0 bridgehead atoms. The number of rotatable bonds is 5. The Labute approximate surface area is 188 Å². The quantitative estimate of drug-likeness (QED) is 0.393. The summed E-state index contributed by atoms with van der Waals surface area (Å²) in [4.78, 5) is 23.2. The van der Waals surface area contributed by atoms with Crippen molar-refractivity contribution in [1.29, 1.82) is 0 Å². The van der Waals surface area contributed by atoms with Crippen molar-refractivity contribution in [2.24, 2.45) is 0 Å². The van der Waals surface area contributed by atoms with E-state index in [2.05, 4.69) is 47.1 Å². The van der Waals surface area contributed by atoms with E-state index < -0.39 is 0 Å². The van der Waals surface area contributed by atoms with Gasteiger partial charge in [0.25, 0.3) is 0 Å². The number of nitrogens with zero attached hydrogens (tertiary/aromatic N) is 5. The maximum absolute atomic E-state index is 13.0. The molecular weight excluding hydrogens is 422 g/mol. The third-order valence-electron chi connectivity index (χ3n) is 5.22. The second-order valence-electron chi connectivity index (χ2n) is 7.63. The van der Waals surface area contributed by atoms with Gasteiger partial charge in [0, 0.05) is 22.9 Å². The molecule has 0 spiro atoms. The lowest BCUT2D eigenvalue weighted by Crippen LogP contribution is -2.22. The molecule has 5 rings (SSSR count). The van der Waals surface area contributed by atoms with Gasteiger partial charge in [-0.05, 0) is 44.5 Å². The van der Waals surface area contributed by atoms with Crippen LogP contribution in [0.3, 0.4) is 0 Å². The average molecular weight is 444 g/mol. The molecule has 3 aromatic heterocycles. The lowest BCUT2D eigenvalue weighted by molar-refractivity contribution is 0.535. The number of hydrogen-bond acceptors (Lipinski definition) is 6. The largest absolute Gasteiger partial charge is 0.441 e. The number of aryl methyl sites for hydroxylation is 3. The molecule has 0 aliphatic heterocycles. The summed E-state index contributed by atoms with van der Waals surface area (Å²) in [7, 11) is 0. The molecule has 7 nitrogen and oxygen atoms in total.